The molecule has 0 aliphatic heterocycles. The van der Waals surface area contributed by atoms with Crippen LogP contribution in [-0.2, 0) is 10.2 Å². The molecule has 1 saturated carbocycles. The fourth-order valence-corrected chi connectivity index (χ4v) is 3.43. The first-order valence-electron chi connectivity index (χ1n) is 8.95. The number of likely N-dealkylation sites (N-methyl/N-ethyl adjacent to an activating group) is 1. The van der Waals surface area contributed by atoms with E-state index in [1.165, 1.54) is 18.4 Å². The number of halogens is 1. The van der Waals surface area contributed by atoms with E-state index in [2.05, 4.69) is 27.8 Å². The van der Waals surface area contributed by atoms with Gasteiger partial charge in [-0.05, 0) is 37.5 Å². The Hall–Kier alpha value is -1.75. The summed E-state index contributed by atoms with van der Waals surface area (Å²) in [7, 11) is 3.48. The zero-order chi connectivity index (χ0) is 18.3. The number of nitrogens with zero attached hydrogens (tertiary/aromatic N) is 2. The third-order valence-electron chi connectivity index (χ3n) is 4.83. The number of benzene rings is 1. The van der Waals surface area contributed by atoms with E-state index >= 15 is 0 Å². The number of aliphatic imine (C=N–C) groups is 1. The Kier molecular flexibility index (Phi) is 7.12. The van der Waals surface area contributed by atoms with Crippen LogP contribution in [0.4, 0.5) is 0 Å². The van der Waals surface area contributed by atoms with Gasteiger partial charge in [-0.1, -0.05) is 36.6 Å². The molecule has 138 valence electrons. The molecule has 0 unspecified atom stereocenters. The minimum absolute atomic E-state index is 0.00881. The number of hydrogen-bond donors (Lipinski definition) is 2. The number of guanidine groups is 1. The number of amides is 1. The maximum absolute atomic E-state index is 11.8. The fraction of sp³-hybridized carbons (Fsp3) is 0.579. The quantitative estimate of drug-likeness (QED) is 0.602. The number of hydrogen-bond acceptors (Lipinski definition) is 2. The molecule has 1 aliphatic carbocycles. The highest BCUT2D eigenvalue weighted by atomic mass is 35.5. The molecule has 0 spiro atoms. The molecule has 0 radical (unpaired) electrons. The summed E-state index contributed by atoms with van der Waals surface area (Å²) in [5, 5.41) is 7.44. The van der Waals surface area contributed by atoms with Crippen molar-refractivity contribution in [2.75, 3.05) is 33.7 Å². The van der Waals surface area contributed by atoms with Gasteiger partial charge < -0.3 is 15.5 Å². The summed E-state index contributed by atoms with van der Waals surface area (Å²) in [4.78, 5) is 17.8. The highest BCUT2D eigenvalue weighted by molar-refractivity contribution is 6.30. The molecule has 1 aromatic carbocycles. The smallest absolute Gasteiger partial charge is 0.243 e. The van der Waals surface area contributed by atoms with Crippen LogP contribution in [-0.4, -0.2) is 50.5 Å². The molecule has 5 nitrogen and oxygen atoms in total. The van der Waals surface area contributed by atoms with Gasteiger partial charge in [0.1, 0.15) is 6.54 Å². The third kappa shape index (κ3) is 5.36. The molecule has 1 aliphatic rings. The summed E-state index contributed by atoms with van der Waals surface area (Å²) in [6.45, 7) is 3.73. The van der Waals surface area contributed by atoms with Crippen molar-refractivity contribution in [3.8, 4) is 0 Å². The average Bonchev–Trinajstić information content (AvgIpc) is 3.07. The van der Waals surface area contributed by atoms with Crippen molar-refractivity contribution in [1.82, 2.24) is 15.5 Å². The van der Waals surface area contributed by atoms with Crippen LogP contribution in [0.15, 0.2) is 29.3 Å². The molecule has 1 aromatic rings. The van der Waals surface area contributed by atoms with Crippen LogP contribution in [0.3, 0.4) is 0 Å². The maximum atomic E-state index is 11.8. The number of rotatable bonds is 6. The third-order valence-corrected chi connectivity index (χ3v) is 5.08. The molecule has 0 saturated heterocycles. The Bertz CT molecular complexity index is 592. The van der Waals surface area contributed by atoms with Crippen molar-refractivity contribution in [2.24, 2.45) is 4.99 Å². The highest BCUT2D eigenvalue weighted by Gasteiger charge is 2.35. The lowest BCUT2D eigenvalue weighted by Gasteiger charge is -2.31. The number of carbonyl (C=O) groups is 1. The Balaban J connectivity index is 2.08. The summed E-state index contributed by atoms with van der Waals surface area (Å²) < 4.78 is 0. The first kappa shape index (κ1) is 19.6. The number of nitrogens with one attached hydrogen (secondary N) is 2. The molecule has 25 heavy (non-hydrogen) atoms. The first-order valence-corrected chi connectivity index (χ1v) is 9.33. The molecule has 2 rings (SSSR count). The van der Waals surface area contributed by atoms with E-state index in [0.29, 0.717) is 5.96 Å². The normalized spacial score (nSPS) is 16.6. The van der Waals surface area contributed by atoms with Gasteiger partial charge in [-0.25, -0.2) is 4.99 Å². The van der Waals surface area contributed by atoms with Crippen molar-refractivity contribution < 1.29 is 4.79 Å². The average molecular weight is 365 g/mol. The van der Waals surface area contributed by atoms with Gasteiger partial charge in [0.2, 0.25) is 5.91 Å². The molecule has 0 bridgehead atoms. The van der Waals surface area contributed by atoms with Crippen LogP contribution < -0.4 is 10.6 Å². The van der Waals surface area contributed by atoms with Crippen LogP contribution in [0.2, 0.25) is 5.02 Å². The predicted molar refractivity (Wildman–Crippen MR) is 104 cm³/mol. The summed E-state index contributed by atoms with van der Waals surface area (Å²) in [6.07, 6.45) is 4.77. The lowest BCUT2D eigenvalue weighted by Crippen LogP contribution is -2.45. The molecule has 0 atom stereocenters. The second-order valence-electron chi connectivity index (χ2n) is 6.83. The molecule has 2 N–H and O–H groups in total. The molecule has 1 fully saturated rings. The Morgan fingerprint density at radius 3 is 2.40 bits per heavy atom. The van der Waals surface area contributed by atoms with E-state index in [1.807, 2.05) is 19.1 Å². The van der Waals surface area contributed by atoms with E-state index in [-0.39, 0.29) is 17.9 Å². The van der Waals surface area contributed by atoms with Crippen molar-refractivity contribution >= 4 is 23.5 Å². The van der Waals surface area contributed by atoms with E-state index in [1.54, 1.807) is 19.0 Å². The second kappa shape index (κ2) is 9.09. The summed E-state index contributed by atoms with van der Waals surface area (Å²) in [5.41, 5.74) is 1.42. The van der Waals surface area contributed by atoms with E-state index in [4.69, 9.17) is 11.6 Å². The zero-order valence-electron chi connectivity index (χ0n) is 15.4. The van der Waals surface area contributed by atoms with Gasteiger partial charge in [-0.15, -0.1) is 0 Å². The largest absolute Gasteiger partial charge is 0.357 e. The lowest BCUT2D eigenvalue weighted by molar-refractivity contribution is -0.127. The van der Waals surface area contributed by atoms with E-state index in [9.17, 15) is 4.79 Å². The van der Waals surface area contributed by atoms with Gasteiger partial charge in [-0.2, -0.15) is 0 Å². The van der Waals surface area contributed by atoms with Crippen LogP contribution in [0.1, 0.15) is 38.2 Å². The molecular formula is C19H29ClN4O. The second-order valence-corrected chi connectivity index (χ2v) is 7.27. The minimum Gasteiger partial charge on any atom is -0.357 e. The van der Waals surface area contributed by atoms with Gasteiger partial charge in [0.25, 0.3) is 0 Å². The van der Waals surface area contributed by atoms with Gasteiger partial charge in [-0.3, -0.25) is 4.79 Å². The topological polar surface area (TPSA) is 56.7 Å². The molecule has 6 heteroatoms. The van der Waals surface area contributed by atoms with E-state index in [0.717, 1.165) is 31.0 Å². The van der Waals surface area contributed by atoms with Crippen molar-refractivity contribution in [2.45, 2.75) is 38.0 Å². The standard InChI is InChI=1S/C19H29ClN4O/c1-4-21-18(22-13-17(25)24(2)3)23-14-19(11-5-6-12-19)15-7-9-16(20)10-8-15/h7-10H,4-6,11-14H2,1-3H3,(H2,21,22,23). The van der Waals surface area contributed by atoms with Crippen molar-refractivity contribution in [1.29, 1.82) is 0 Å². The summed E-state index contributed by atoms with van der Waals surface area (Å²) >= 11 is 6.05. The lowest BCUT2D eigenvalue weighted by atomic mass is 9.79. The van der Waals surface area contributed by atoms with Gasteiger partial charge in [0, 0.05) is 37.6 Å². The van der Waals surface area contributed by atoms with Crippen molar-refractivity contribution in [3.05, 3.63) is 34.9 Å². The number of carbonyl (C=O) groups excluding carboxylic acids is 1. The SMILES string of the molecule is CCNC(=NCC(=O)N(C)C)NCC1(c2ccc(Cl)cc2)CCCC1. The summed E-state index contributed by atoms with van der Waals surface area (Å²) in [5.74, 6) is 0.684. The van der Waals surface area contributed by atoms with Gasteiger partial charge in [0.05, 0.1) is 0 Å². The Labute approximate surface area is 155 Å². The predicted octanol–water partition coefficient (Wildman–Crippen LogP) is 2.80. The van der Waals surface area contributed by atoms with Crippen LogP contribution in [0.5, 0.6) is 0 Å². The molecule has 0 heterocycles. The molecule has 1 amide bonds. The van der Waals surface area contributed by atoms with Crippen LogP contribution in [0, 0.1) is 0 Å². The van der Waals surface area contributed by atoms with Crippen LogP contribution >= 0.6 is 11.6 Å². The van der Waals surface area contributed by atoms with Gasteiger partial charge in [0.15, 0.2) is 5.96 Å². The molecular weight excluding hydrogens is 336 g/mol. The highest BCUT2D eigenvalue weighted by Crippen LogP contribution is 2.40. The monoisotopic (exact) mass is 364 g/mol. The first-order chi connectivity index (χ1) is 12.0. The Morgan fingerprint density at radius 1 is 1.20 bits per heavy atom. The summed E-state index contributed by atoms with van der Waals surface area (Å²) in [6, 6.07) is 8.20. The van der Waals surface area contributed by atoms with E-state index < -0.39 is 0 Å². The Morgan fingerprint density at radius 2 is 1.84 bits per heavy atom. The minimum atomic E-state index is -0.00881. The maximum Gasteiger partial charge on any atom is 0.243 e. The van der Waals surface area contributed by atoms with Crippen LogP contribution in [0.25, 0.3) is 0 Å². The van der Waals surface area contributed by atoms with Gasteiger partial charge >= 0.3 is 0 Å². The zero-order valence-corrected chi connectivity index (χ0v) is 16.2. The molecule has 0 aromatic heterocycles. The van der Waals surface area contributed by atoms with Crippen molar-refractivity contribution in [3.63, 3.8) is 0 Å². The fourth-order valence-electron chi connectivity index (χ4n) is 3.31.